The molecule has 0 saturated carbocycles. The van der Waals surface area contributed by atoms with E-state index in [0.29, 0.717) is 0 Å². The molecule has 10 aromatic carbocycles. The van der Waals surface area contributed by atoms with Crippen LogP contribution in [0.25, 0.3) is 77.2 Å². The third-order valence-corrected chi connectivity index (χ3v) is 17.9. The minimum atomic E-state index is -2.67. The average Bonchev–Trinajstić information content (AvgIpc) is 3.87. The number of benzene rings is 10. The Labute approximate surface area is 368 Å². The maximum absolute atomic E-state index is 2.67. The van der Waals surface area contributed by atoms with Crippen molar-refractivity contribution in [3.8, 4) is 33.6 Å². The second kappa shape index (κ2) is 15.2. The van der Waals surface area contributed by atoms with E-state index in [2.05, 4.69) is 264 Å². The number of para-hydroxylation sites is 2. The number of hydrogen-bond acceptors (Lipinski definition) is 0. The van der Waals surface area contributed by atoms with Crippen LogP contribution in [-0.2, 0) is 0 Å². The van der Waals surface area contributed by atoms with Gasteiger partial charge in [0.1, 0.15) is 0 Å². The standard InChI is InChI=1S/C60H42N2Si/c1-5-18-43(19-6-1)44-32-34-45(35-33-44)46-20-17-21-48(40-46)62-58-31-16-14-29-54(58)56-41-59-55(42-60(56)62)53-28-13-15-30-57(53)61(59)47-36-38-52(39-37-47)63(49-22-7-2-8-23-49,50-24-9-3-10-25-50)51-26-11-4-12-27-51/h1-42H. The predicted octanol–water partition coefficient (Wildman–Crippen LogP) is 12.6. The van der Waals surface area contributed by atoms with Gasteiger partial charge in [0.25, 0.3) is 0 Å². The summed E-state index contributed by atoms with van der Waals surface area (Å²) in [6.07, 6.45) is 0. The number of hydrogen-bond donors (Lipinski definition) is 0. The Hall–Kier alpha value is -7.98. The molecule has 3 heteroatoms. The lowest BCUT2D eigenvalue weighted by atomic mass is 10.00. The minimum Gasteiger partial charge on any atom is -0.309 e. The van der Waals surface area contributed by atoms with E-state index in [1.54, 1.807) is 0 Å². The normalized spacial score (nSPS) is 11.8. The number of rotatable bonds is 8. The topological polar surface area (TPSA) is 9.86 Å². The van der Waals surface area contributed by atoms with Gasteiger partial charge in [-0.05, 0) is 91.5 Å². The molecule has 0 spiro atoms. The molecule has 2 aromatic heterocycles. The Morgan fingerprint density at radius 2 is 0.603 bits per heavy atom. The molecule has 2 heterocycles. The highest BCUT2D eigenvalue weighted by Crippen LogP contribution is 2.40. The van der Waals surface area contributed by atoms with Crippen LogP contribution in [0.4, 0.5) is 0 Å². The Bertz CT molecular complexity index is 3480. The number of aromatic nitrogens is 2. The molecule has 2 nitrogen and oxygen atoms in total. The maximum Gasteiger partial charge on any atom is 0.179 e. The van der Waals surface area contributed by atoms with Crippen LogP contribution >= 0.6 is 0 Å². The van der Waals surface area contributed by atoms with Gasteiger partial charge in [-0.15, -0.1) is 0 Å². The van der Waals surface area contributed by atoms with Gasteiger partial charge >= 0.3 is 0 Å². The van der Waals surface area contributed by atoms with Crippen molar-refractivity contribution in [2.75, 3.05) is 0 Å². The zero-order valence-electron chi connectivity index (χ0n) is 34.6. The highest BCUT2D eigenvalue weighted by molar-refractivity contribution is 7.19. The lowest BCUT2D eigenvalue weighted by molar-refractivity contribution is 1.18. The summed E-state index contributed by atoms with van der Waals surface area (Å²) < 4.78 is 4.92. The van der Waals surface area contributed by atoms with E-state index in [4.69, 9.17) is 0 Å². The number of nitrogens with zero attached hydrogens (tertiary/aromatic N) is 2. The van der Waals surface area contributed by atoms with Gasteiger partial charge in [0.15, 0.2) is 8.07 Å². The molecular formula is C60H42N2Si. The Morgan fingerprint density at radius 1 is 0.222 bits per heavy atom. The summed E-state index contributed by atoms with van der Waals surface area (Å²) >= 11 is 0. The highest BCUT2D eigenvalue weighted by atomic mass is 28.3. The predicted molar refractivity (Wildman–Crippen MR) is 270 cm³/mol. The van der Waals surface area contributed by atoms with E-state index in [0.717, 1.165) is 11.4 Å². The fourth-order valence-electron chi connectivity index (χ4n) is 10.2. The fraction of sp³-hybridized carbons (Fsp3) is 0. The zero-order valence-corrected chi connectivity index (χ0v) is 35.6. The van der Waals surface area contributed by atoms with Crippen molar-refractivity contribution in [1.82, 2.24) is 9.13 Å². The molecule has 0 bridgehead atoms. The van der Waals surface area contributed by atoms with Gasteiger partial charge in [0.05, 0.1) is 22.1 Å². The van der Waals surface area contributed by atoms with E-state index < -0.39 is 8.07 Å². The largest absolute Gasteiger partial charge is 0.309 e. The van der Waals surface area contributed by atoms with E-state index in [1.165, 1.54) is 86.6 Å². The summed E-state index contributed by atoms with van der Waals surface area (Å²) in [4.78, 5) is 0. The molecule has 0 unspecified atom stereocenters. The van der Waals surface area contributed by atoms with E-state index in [9.17, 15) is 0 Å². The van der Waals surface area contributed by atoms with Crippen LogP contribution < -0.4 is 20.7 Å². The van der Waals surface area contributed by atoms with Crippen LogP contribution in [0.2, 0.25) is 0 Å². The summed E-state index contributed by atoms with van der Waals surface area (Å²) in [5.41, 5.74) is 11.9. The fourth-order valence-corrected chi connectivity index (χ4v) is 15.0. The smallest absolute Gasteiger partial charge is 0.179 e. The van der Waals surface area contributed by atoms with Gasteiger partial charge in [0.2, 0.25) is 0 Å². The molecule has 0 radical (unpaired) electrons. The van der Waals surface area contributed by atoms with Crippen molar-refractivity contribution in [3.05, 3.63) is 255 Å². The SMILES string of the molecule is c1ccc(-c2ccc(-c3cccc(-n4c5ccccc5c5cc6c(cc54)c4ccccc4n6-c4ccc([Si](c5ccccc5)(c5ccccc5)c5ccccc5)cc4)c3)cc2)cc1. The first kappa shape index (κ1) is 36.8. The monoisotopic (exact) mass is 818 g/mol. The first-order valence-electron chi connectivity index (χ1n) is 21.8. The van der Waals surface area contributed by atoms with Gasteiger partial charge in [-0.3, -0.25) is 0 Å². The van der Waals surface area contributed by atoms with Crippen LogP contribution in [-0.4, -0.2) is 17.2 Å². The van der Waals surface area contributed by atoms with Crippen LogP contribution in [0.15, 0.2) is 255 Å². The quantitative estimate of drug-likeness (QED) is 0.107. The lowest BCUT2D eigenvalue weighted by Crippen LogP contribution is -2.74. The third kappa shape index (κ3) is 6.00. The van der Waals surface area contributed by atoms with Crippen molar-refractivity contribution in [2.24, 2.45) is 0 Å². The summed E-state index contributed by atoms with van der Waals surface area (Å²) in [6.45, 7) is 0. The van der Waals surface area contributed by atoms with E-state index >= 15 is 0 Å². The van der Waals surface area contributed by atoms with Gasteiger partial charge in [-0.1, -0.05) is 206 Å². The molecule has 296 valence electrons. The molecule has 0 saturated heterocycles. The summed E-state index contributed by atoms with van der Waals surface area (Å²) in [6, 6.07) is 94.1. The second-order valence-electron chi connectivity index (χ2n) is 16.5. The molecule has 0 amide bonds. The maximum atomic E-state index is 2.47. The Kier molecular flexibility index (Phi) is 8.87. The van der Waals surface area contributed by atoms with Crippen molar-refractivity contribution < 1.29 is 0 Å². The summed E-state index contributed by atoms with van der Waals surface area (Å²) in [5.74, 6) is 0. The van der Waals surface area contributed by atoms with Crippen LogP contribution in [0.3, 0.4) is 0 Å². The Balaban J connectivity index is 1.03. The molecule has 0 fully saturated rings. The van der Waals surface area contributed by atoms with Gasteiger partial charge < -0.3 is 9.13 Å². The molecule has 0 aliphatic heterocycles. The summed E-state index contributed by atoms with van der Waals surface area (Å²) in [7, 11) is -2.67. The first-order valence-corrected chi connectivity index (χ1v) is 23.8. The highest BCUT2D eigenvalue weighted by Gasteiger charge is 2.41. The second-order valence-corrected chi connectivity index (χ2v) is 20.3. The van der Waals surface area contributed by atoms with Gasteiger partial charge in [-0.2, -0.15) is 0 Å². The van der Waals surface area contributed by atoms with Crippen LogP contribution in [0.5, 0.6) is 0 Å². The molecule has 0 aliphatic rings. The van der Waals surface area contributed by atoms with E-state index in [1.807, 2.05) is 0 Å². The molecule has 12 aromatic rings. The van der Waals surface area contributed by atoms with E-state index in [-0.39, 0.29) is 0 Å². The number of fused-ring (bicyclic) bond motifs is 6. The minimum absolute atomic E-state index is 1.15. The molecule has 63 heavy (non-hydrogen) atoms. The van der Waals surface area contributed by atoms with Crippen molar-refractivity contribution in [1.29, 1.82) is 0 Å². The van der Waals surface area contributed by atoms with Gasteiger partial charge in [-0.25, -0.2) is 0 Å². The molecule has 0 N–H and O–H groups in total. The average molecular weight is 819 g/mol. The first-order chi connectivity index (χ1) is 31.3. The van der Waals surface area contributed by atoms with Crippen molar-refractivity contribution in [3.63, 3.8) is 0 Å². The van der Waals surface area contributed by atoms with Crippen molar-refractivity contribution >= 4 is 72.4 Å². The molecule has 12 rings (SSSR count). The van der Waals surface area contributed by atoms with Crippen LogP contribution in [0, 0.1) is 0 Å². The molecule has 0 aliphatic carbocycles. The lowest BCUT2D eigenvalue weighted by Gasteiger charge is -2.34. The molecular weight excluding hydrogens is 777 g/mol. The Morgan fingerprint density at radius 3 is 1.11 bits per heavy atom. The summed E-state index contributed by atoms with van der Waals surface area (Å²) in [5, 5.41) is 10.4. The zero-order chi connectivity index (χ0) is 41.7. The molecule has 0 atom stereocenters. The van der Waals surface area contributed by atoms with Crippen molar-refractivity contribution in [2.45, 2.75) is 0 Å². The van der Waals surface area contributed by atoms with Crippen LogP contribution in [0.1, 0.15) is 0 Å². The van der Waals surface area contributed by atoms with Gasteiger partial charge in [0, 0.05) is 32.9 Å². The third-order valence-electron chi connectivity index (χ3n) is 13.1.